The van der Waals surface area contributed by atoms with Crippen LogP contribution in [0.1, 0.15) is 59.3 Å². The van der Waals surface area contributed by atoms with E-state index in [1.807, 2.05) is 14.0 Å². The fourth-order valence-electron chi connectivity index (χ4n) is 3.24. The first-order chi connectivity index (χ1) is 9.44. The van der Waals surface area contributed by atoms with Crippen LogP contribution in [0.25, 0.3) is 0 Å². The summed E-state index contributed by atoms with van der Waals surface area (Å²) in [6.07, 6.45) is 7.01. The number of nitrogens with zero attached hydrogens (tertiary/aromatic N) is 1. The summed E-state index contributed by atoms with van der Waals surface area (Å²) in [5.74, 6) is -0.167. The molecule has 1 heterocycles. The quantitative estimate of drug-likeness (QED) is 0.576. The normalized spacial score (nSPS) is 27.1. The molecule has 20 heavy (non-hydrogen) atoms. The van der Waals surface area contributed by atoms with E-state index in [4.69, 9.17) is 4.74 Å². The van der Waals surface area contributed by atoms with E-state index < -0.39 is 5.54 Å². The molecule has 0 saturated carbocycles. The highest BCUT2D eigenvalue weighted by atomic mass is 16.5. The molecule has 0 bridgehead atoms. The van der Waals surface area contributed by atoms with Crippen molar-refractivity contribution in [3.05, 3.63) is 0 Å². The van der Waals surface area contributed by atoms with Gasteiger partial charge in [0.05, 0.1) is 7.11 Å². The third-order valence-corrected chi connectivity index (χ3v) is 4.91. The number of piperidine rings is 1. The van der Waals surface area contributed by atoms with Crippen molar-refractivity contribution in [3.8, 4) is 0 Å². The van der Waals surface area contributed by atoms with E-state index in [0.29, 0.717) is 12.1 Å². The van der Waals surface area contributed by atoms with Crippen molar-refractivity contribution in [2.75, 3.05) is 20.7 Å². The van der Waals surface area contributed by atoms with Crippen LogP contribution in [-0.4, -0.2) is 49.2 Å². The number of hydrogen-bond acceptors (Lipinski definition) is 4. The average Bonchev–Trinajstić information content (AvgIpc) is 2.44. The summed E-state index contributed by atoms with van der Waals surface area (Å²) in [5, 5.41) is 3.10. The van der Waals surface area contributed by atoms with E-state index in [1.54, 1.807) is 0 Å². The maximum Gasteiger partial charge on any atom is 0.325 e. The van der Waals surface area contributed by atoms with Crippen molar-refractivity contribution in [1.82, 2.24) is 10.2 Å². The van der Waals surface area contributed by atoms with Crippen LogP contribution >= 0.6 is 0 Å². The van der Waals surface area contributed by atoms with Crippen LogP contribution in [0.2, 0.25) is 0 Å². The van der Waals surface area contributed by atoms with Gasteiger partial charge in [0.1, 0.15) is 5.54 Å². The highest BCUT2D eigenvalue weighted by Crippen LogP contribution is 2.23. The topological polar surface area (TPSA) is 41.6 Å². The lowest BCUT2D eigenvalue weighted by atomic mass is 9.94. The van der Waals surface area contributed by atoms with Crippen molar-refractivity contribution >= 4 is 5.97 Å². The summed E-state index contributed by atoms with van der Waals surface area (Å²) < 4.78 is 4.88. The monoisotopic (exact) mass is 284 g/mol. The Morgan fingerprint density at radius 1 is 1.30 bits per heavy atom. The standard InChI is InChI=1S/C16H32N2O2/c1-13-9-8-10-14(2)18(13)12-7-6-11-16(3,17-4)15(19)20-5/h13-14,17H,6-12H2,1-5H3. The predicted molar refractivity (Wildman–Crippen MR) is 82.8 cm³/mol. The molecule has 1 saturated heterocycles. The van der Waals surface area contributed by atoms with Crippen molar-refractivity contribution in [1.29, 1.82) is 0 Å². The molecule has 1 fully saturated rings. The lowest BCUT2D eigenvalue weighted by molar-refractivity contribution is -0.148. The lowest BCUT2D eigenvalue weighted by Gasteiger charge is -2.39. The fourth-order valence-corrected chi connectivity index (χ4v) is 3.24. The molecule has 1 aliphatic rings. The smallest absolute Gasteiger partial charge is 0.325 e. The van der Waals surface area contributed by atoms with Crippen LogP contribution in [0.15, 0.2) is 0 Å². The molecule has 1 aliphatic heterocycles. The molecule has 4 nitrogen and oxygen atoms in total. The van der Waals surface area contributed by atoms with Gasteiger partial charge in [0, 0.05) is 12.1 Å². The Bertz CT molecular complexity index is 299. The van der Waals surface area contributed by atoms with Gasteiger partial charge in [0.2, 0.25) is 0 Å². The van der Waals surface area contributed by atoms with Gasteiger partial charge in [-0.15, -0.1) is 0 Å². The molecule has 0 spiro atoms. The van der Waals surface area contributed by atoms with Gasteiger partial charge in [-0.1, -0.05) is 6.42 Å². The second-order valence-corrected chi connectivity index (χ2v) is 6.40. The number of likely N-dealkylation sites (N-methyl/N-ethyl adjacent to an activating group) is 1. The highest BCUT2D eigenvalue weighted by Gasteiger charge is 2.32. The Morgan fingerprint density at radius 3 is 2.40 bits per heavy atom. The first kappa shape index (κ1) is 17.4. The zero-order valence-corrected chi connectivity index (χ0v) is 13.9. The van der Waals surface area contributed by atoms with Gasteiger partial charge in [0.25, 0.3) is 0 Å². The van der Waals surface area contributed by atoms with Crippen molar-refractivity contribution in [2.24, 2.45) is 0 Å². The first-order valence-electron chi connectivity index (χ1n) is 7.97. The van der Waals surface area contributed by atoms with E-state index in [2.05, 4.69) is 24.1 Å². The van der Waals surface area contributed by atoms with E-state index >= 15 is 0 Å². The number of esters is 1. The summed E-state index contributed by atoms with van der Waals surface area (Å²) in [6.45, 7) is 7.73. The number of hydrogen-bond donors (Lipinski definition) is 1. The van der Waals surface area contributed by atoms with Crippen molar-refractivity contribution in [2.45, 2.75) is 76.9 Å². The number of carbonyl (C=O) groups excluding carboxylic acids is 1. The molecule has 3 unspecified atom stereocenters. The third-order valence-electron chi connectivity index (χ3n) is 4.91. The third kappa shape index (κ3) is 4.45. The first-order valence-corrected chi connectivity index (χ1v) is 7.97. The number of unbranched alkanes of at least 4 members (excludes halogenated alkanes) is 1. The number of rotatable bonds is 7. The maximum absolute atomic E-state index is 11.8. The van der Waals surface area contributed by atoms with E-state index in [0.717, 1.165) is 25.8 Å². The number of carbonyl (C=O) groups is 1. The van der Waals surface area contributed by atoms with E-state index in [9.17, 15) is 4.79 Å². The molecule has 0 aliphatic carbocycles. The fraction of sp³-hybridized carbons (Fsp3) is 0.938. The molecule has 1 rings (SSSR count). The largest absolute Gasteiger partial charge is 0.468 e. The highest BCUT2D eigenvalue weighted by molar-refractivity contribution is 5.80. The zero-order chi connectivity index (χ0) is 15.2. The molecule has 0 aromatic rings. The second-order valence-electron chi connectivity index (χ2n) is 6.40. The predicted octanol–water partition coefficient (Wildman–Crippen LogP) is 2.57. The summed E-state index contributed by atoms with van der Waals surface area (Å²) >= 11 is 0. The molecule has 0 aromatic heterocycles. The minimum absolute atomic E-state index is 0.167. The summed E-state index contributed by atoms with van der Waals surface area (Å²) in [4.78, 5) is 14.4. The Morgan fingerprint density at radius 2 is 1.90 bits per heavy atom. The molecule has 4 heteroatoms. The molecule has 1 N–H and O–H groups in total. The van der Waals surface area contributed by atoms with Crippen LogP contribution in [0, 0.1) is 0 Å². The van der Waals surface area contributed by atoms with Gasteiger partial charge in [-0.2, -0.15) is 0 Å². The Labute approximate surface area is 124 Å². The molecule has 0 radical (unpaired) electrons. The Hall–Kier alpha value is -0.610. The number of nitrogens with one attached hydrogen (secondary N) is 1. The molecule has 118 valence electrons. The van der Waals surface area contributed by atoms with Gasteiger partial charge in [0.15, 0.2) is 0 Å². The Kier molecular flexibility index (Phi) is 6.96. The van der Waals surface area contributed by atoms with Crippen LogP contribution in [0.4, 0.5) is 0 Å². The number of likely N-dealkylation sites (tertiary alicyclic amines) is 1. The molecular formula is C16H32N2O2. The molecule has 3 atom stereocenters. The van der Waals surface area contributed by atoms with Crippen molar-refractivity contribution in [3.63, 3.8) is 0 Å². The minimum atomic E-state index is -0.548. The molecule has 0 aromatic carbocycles. The summed E-state index contributed by atoms with van der Waals surface area (Å²) in [7, 11) is 3.28. The maximum atomic E-state index is 11.8. The van der Waals surface area contributed by atoms with Gasteiger partial charge in [-0.05, 0) is 66.5 Å². The van der Waals surface area contributed by atoms with Gasteiger partial charge < -0.3 is 10.1 Å². The zero-order valence-electron chi connectivity index (χ0n) is 13.9. The van der Waals surface area contributed by atoms with Crippen LogP contribution in [-0.2, 0) is 9.53 Å². The average molecular weight is 284 g/mol. The number of methoxy groups -OCH3 is 1. The minimum Gasteiger partial charge on any atom is -0.468 e. The molecule has 0 amide bonds. The van der Waals surface area contributed by atoms with Gasteiger partial charge in [-0.25, -0.2) is 0 Å². The van der Waals surface area contributed by atoms with Crippen LogP contribution in [0.5, 0.6) is 0 Å². The summed E-state index contributed by atoms with van der Waals surface area (Å²) in [6, 6.07) is 1.41. The van der Waals surface area contributed by atoms with Crippen LogP contribution < -0.4 is 5.32 Å². The van der Waals surface area contributed by atoms with E-state index in [1.165, 1.54) is 26.4 Å². The van der Waals surface area contributed by atoms with Gasteiger partial charge >= 0.3 is 5.97 Å². The SMILES string of the molecule is CNC(C)(CCCCN1C(C)CCCC1C)C(=O)OC. The van der Waals surface area contributed by atoms with Gasteiger partial charge in [-0.3, -0.25) is 9.69 Å². The molecular weight excluding hydrogens is 252 g/mol. The lowest BCUT2D eigenvalue weighted by Crippen LogP contribution is -2.48. The van der Waals surface area contributed by atoms with E-state index in [-0.39, 0.29) is 5.97 Å². The Balaban J connectivity index is 2.35. The second kappa shape index (κ2) is 7.99. The number of ether oxygens (including phenoxy) is 1. The summed E-state index contributed by atoms with van der Waals surface area (Å²) in [5.41, 5.74) is -0.548. The van der Waals surface area contributed by atoms with Crippen molar-refractivity contribution < 1.29 is 9.53 Å². The van der Waals surface area contributed by atoms with Crippen LogP contribution in [0.3, 0.4) is 0 Å².